The average molecular weight is 239 g/mol. The molecule has 1 heterocycles. The molecule has 1 N–H and O–H groups in total. The van der Waals surface area contributed by atoms with Gasteiger partial charge < -0.3 is 10.0 Å². The van der Waals surface area contributed by atoms with E-state index in [4.69, 9.17) is 0 Å². The Morgan fingerprint density at radius 3 is 2.41 bits per heavy atom. The van der Waals surface area contributed by atoms with Gasteiger partial charge in [-0.25, -0.2) is 4.79 Å². The van der Waals surface area contributed by atoms with E-state index in [1.807, 2.05) is 20.8 Å². The van der Waals surface area contributed by atoms with Gasteiger partial charge in [0.25, 0.3) is 0 Å². The summed E-state index contributed by atoms with van der Waals surface area (Å²) in [6.45, 7) is 5.57. The molecule has 4 heteroatoms. The number of nitrogens with zero attached hydrogens (tertiary/aromatic N) is 1. The number of hydrogen-bond donors (Lipinski definition) is 1. The number of carboxylic acid groups (broad SMARTS) is 1. The van der Waals surface area contributed by atoms with E-state index in [1.165, 1.54) is 0 Å². The molecule has 1 aliphatic heterocycles. The molecule has 1 saturated heterocycles. The topological polar surface area (TPSA) is 57.6 Å². The van der Waals surface area contributed by atoms with Crippen LogP contribution in [0.15, 0.2) is 0 Å². The van der Waals surface area contributed by atoms with E-state index in [-0.39, 0.29) is 11.9 Å². The smallest absolute Gasteiger partial charge is 0.326 e. The van der Waals surface area contributed by atoms with Crippen molar-refractivity contribution in [1.82, 2.24) is 4.90 Å². The van der Waals surface area contributed by atoms with Gasteiger partial charge >= 0.3 is 5.97 Å². The predicted molar refractivity (Wildman–Crippen MR) is 63.5 cm³/mol. The molecule has 2 rings (SSSR count). The van der Waals surface area contributed by atoms with Crippen LogP contribution in [0.25, 0.3) is 0 Å². The lowest BCUT2D eigenvalue weighted by atomic mass is 9.93. The van der Waals surface area contributed by atoms with Crippen LogP contribution in [-0.2, 0) is 9.59 Å². The van der Waals surface area contributed by atoms with Crippen molar-refractivity contribution < 1.29 is 14.7 Å². The van der Waals surface area contributed by atoms with Gasteiger partial charge in [-0.15, -0.1) is 0 Å². The Labute approximate surface area is 102 Å². The zero-order valence-corrected chi connectivity index (χ0v) is 10.8. The van der Waals surface area contributed by atoms with Gasteiger partial charge in [0, 0.05) is 11.5 Å². The number of carbonyl (C=O) groups is 2. The Bertz CT molecular complexity index is 345. The highest BCUT2D eigenvalue weighted by Crippen LogP contribution is 2.42. The maximum atomic E-state index is 12.4. The van der Waals surface area contributed by atoms with Crippen LogP contribution in [0.5, 0.6) is 0 Å². The second kappa shape index (κ2) is 4.00. The molecular weight excluding hydrogens is 218 g/mol. The number of fused-ring (bicyclic) bond motifs is 1. The molecule has 0 spiro atoms. The highest BCUT2D eigenvalue weighted by molar-refractivity contribution is 5.87. The van der Waals surface area contributed by atoms with Crippen molar-refractivity contribution in [2.75, 3.05) is 0 Å². The van der Waals surface area contributed by atoms with Crippen molar-refractivity contribution in [3.63, 3.8) is 0 Å². The van der Waals surface area contributed by atoms with Crippen LogP contribution in [0.2, 0.25) is 0 Å². The monoisotopic (exact) mass is 239 g/mol. The van der Waals surface area contributed by atoms with Crippen molar-refractivity contribution in [1.29, 1.82) is 0 Å². The summed E-state index contributed by atoms with van der Waals surface area (Å²) in [7, 11) is 0. The SMILES string of the molecule is CC(C)(C)C(=O)N1[C@@H](C(=O)O)C[C@H]2CCC[C@H]21. The third-order valence-corrected chi connectivity index (χ3v) is 4.00. The molecule has 0 aromatic heterocycles. The number of rotatable bonds is 1. The standard InChI is InChI=1S/C13H21NO3/c1-13(2,3)12(17)14-9-6-4-5-8(9)7-10(14)11(15)16/h8-10H,4-7H2,1-3H3,(H,15,16)/t8-,9-,10-/m1/s1. The fourth-order valence-electron chi connectivity index (χ4n) is 3.19. The van der Waals surface area contributed by atoms with Crippen LogP contribution in [0, 0.1) is 11.3 Å². The van der Waals surface area contributed by atoms with E-state index in [1.54, 1.807) is 4.90 Å². The highest BCUT2D eigenvalue weighted by Gasteiger charge is 2.50. The van der Waals surface area contributed by atoms with Gasteiger partial charge in [0.15, 0.2) is 0 Å². The minimum absolute atomic E-state index is 0.0145. The van der Waals surface area contributed by atoms with Crippen LogP contribution in [-0.4, -0.2) is 34.0 Å². The molecule has 0 aromatic carbocycles. The summed E-state index contributed by atoms with van der Waals surface area (Å²) in [6.07, 6.45) is 3.80. The van der Waals surface area contributed by atoms with Crippen LogP contribution < -0.4 is 0 Å². The minimum Gasteiger partial charge on any atom is -0.480 e. The average Bonchev–Trinajstić information content (AvgIpc) is 2.72. The molecule has 1 aliphatic carbocycles. The van der Waals surface area contributed by atoms with Gasteiger partial charge in [-0.1, -0.05) is 27.2 Å². The van der Waals surface area contributed by atoms with Gasteiger partial charge in [-0.2, -0.15) is 0 Å². The third-order valence-electron chi connectivity index (χ3n) is 4.00. The summed E-state index contributed by atoms with van der Waals surface area (Å²) >= 11 is 0. The zero-order valence-electron chi connectivity index (χ0n) is 10.8. The number of hydrogen-bond acceptors (Lipinski definition) is 2. The van der Waals surface area contributed by atoms with E-state index in [2.05, 4.69) is 0 Å². The lowest BCUT2D eigenvalue weighted by Gasteiger charge is -2.33. The van der Waals surface area contributed by atoms with Crippen molar-refractivity contribution in [2.45, 2.75) is 58.5 Å². The fraction of sp³-hybridized carbons (Fsp3) is 0.846. The molecule has 17 heavy (non-hydrogen) atoms. The number of aliphatic carboxylic acids is 1. The predicted octanol–water partition coefficient (Wildman–Crippen LogP) is 1.89. The molecule has 96 valence electrons. The summed E-state index contributed by atoms with van der Waals surface area (Å²) in [4.78, 5) is 25.3. The first-order valence-corrected chi connectivity index (χ1v) is 6.38. The molecule has 0 aromatic rings. The Balaban J connectivity index is 2.27. The van der Waals surface area contributed by atoms with Crippen molar-refractivity contribution in [3.8, 4) is 0 Å². The highest BCUT2D eigenvalue weighted by atomic mass is 16.4. The van der Waals surface area contributed by atoms with Gasteiger partial charge in [0.2, 0.25) is 5.91 Å². The summed E-state index contributed by atoms with van der Waals surface area (Å²) in [6, 6.07) is -0.431. The molecule has 0 radical (unpaired) electrons. The van der Waals surface area contributed by atoms with Crippen LogP contribution in [0.4, 0.5) is 0 Å². The van der Waals surface area contributed by atoms with Crippen molar-refractivity contribution >= 4 is 11.9 Å². The molecule has 1 saturated carbocycles. The second-order valence-electron chi connectivity index (χ2n) is 6.31. The third kappa shape index (κ3) is 2.05. The number of amides is 1. The first-order chi connectivity index (χ1) is 7.82. The molecule has 0 bridgehead atoms. The minimum atomic E-state index is -0.850. The van der Waals surface area contributed by atoms with Crippen molar-refractivity contribution in [3.05, 3.63) is 0 Å². The quantitative estimate of drug-likeness (QED) is 0.760. The van der Waals surface area contributed by atoms with Gasteiger partial charge in [0.05, 0.1) is 0 Å². The van der Waals surface area contributed by atoms with Gasteiger partial charge in [0.1, 0.15) is 6.04 Å². The van der Waals surface area contributed by atoms with E-state index in [0.717, 1.165) is 19.3 Å². The zero-order chi connectivity index (χ0) is 12.8. The summed E-state index contributed by atoms with van der Waals surface area (Å²) in [5, 5.41) is 9.26. The lowest BCUT2D eigenvalue weighted by Crippen LogP contribution is -2.49. The molecule has 0 unspecified atom stereocenters. The maximum absolute atomic E-state index is 12.4. The molecule has 2 fully saturated rings. The summed E-state index contributed by atoms with van der Waals surface area (Å²) in [5.41, 5.74) is -0.495. The molecule has 4 nitrogen and oxygen atoms in total. The van der Waals surface area contributed by atoms with Crippen LogP contribution >= 0.6 is 0 Å². The van der Waals surface area contributed by atoms with E-state index < -0.39 is 17.4 Å². The van der Waals surface area contributed by atoms with Crippen LogP contribution in [0.3, 0.4) is 0 Å². The first kappa shape index (κ1) is 12.4. The number of likely N-dealkylation sites (tertiary alicyclic amines) is 1. The normalized spacial score (nSPS) is 32.6. The lowest BCUT2D eigenvalue weighted by molar-refractivity contribution is -0.153. The van der Waals surface area contributed by atoms with Gasteiger partial charge in [-0.05, 0) is 25.2 Å². The molecule has 1 amide bonds. The Morgan fingerprint density at radius 2 is 1.88 bits per heavy atom. The largest absolute Gasteiger partial charge is 0.480 e. The van der Waals surface area contributed by atoms with Crippen molar-refractivity contribution in [2.24, 2.45) is 11.3 Å². The number of carboxylic acids is 1. The summed E-state index contributed by atoms with van der Waals surface area (Å²) < 4.78 is 0. The van der Waals surface area contributed by atoms with E-state index >= 15 is 0 Å². The molecule has 2 aliphatic rings. The fourth-order valence-corrected chi connectivity index (χ4v) is 3.19. The first-order valence-electron chi connectivity index (χ1n) is 6.38. The maximum Gasteiger partial charge on any atom is 0.326 e. The Morgan fingerprint density at radius 1 is 1.24 bits per heavy atom. The second-order valence-corrected chi connectivity index (χ2v) is 6.31. The van der Waals surface area contributed by atoms with E-state index in [0.29, 0.717) is 12.3 Å². The summed E-state index contributed by atoms with van der Waals surface area (Å²) in [5.74, 6) is -0.460. The van der Waals surface area contributed by atoms with Crippen LogP contribution in [0.1, 0.15) is 46.5 Å². The van der Waals surface area contributed by atoms with Gasteiger partial charge in [-0.3, -0.25) is 4.79 Å². The molecule has 3 atom stereocenters. The molecular formula is C13H21NO3. The Hall–Kier alpha value is -1.06. The number of carbonyl (C=O) groups excluding carboxylic acids is 1. The Kier molecular flexibility index (Phi) is 2.92. The van der Waals surface area contributed by atoms with E-state index in [9.17, 15) is 14.7 Å².